The number of nitrogens with zero attached hydrogens (tertiary/aromatic N) is 1. The van der Waals surface area contributed by atoms with Gasteiger partial charge in [0, 0.05) is 17.2 Å². The molecule has 2 aliphatic rings. The molecule has 1 fully saturated rings. The molecule has 4 heteroatoms. The average molecular weight is 416 g/mol. The Morgan fingerprint density at radius 2 is 1.71 bits per heavy atom. The summed E-state index contributed by atoms with van der Waals surface area (Å²) in [7, 11) is 1.70. The van der Waals surface area contributed by atoms with Crippen LogP contribution in [0.5, 0.6) is 11.5 Å². The number of methoxy groups -OCH3 is 1. The molecule has 1 saturated heterocycles. The molecule has 2 aliphatic heterocycles. The second-order valence-electron chi connectivity index (χ2n) is 8.58. The maximum absolute atomic E-state index is 6.53. The summed E-state index contributed by atoms with van der Waals surface area (Å²) >= 11 is 0. The number of ether oxygens (including phenoxy) is 3. The third-order valence-electron chi connectivity index (χ3n) is 6.68. The summed E-state index contributed by atoms with van der Waals surface area (Å²) in [5, 5.41) is 0. The van der Waals surface area contributed by atoms with Gasteiger partial charge in [0.25, 0.3) is 0 Å². The van der Waals surface area contributed by atoms with Crippen molar-refractivity contribution in [3.8, 4) is 11.5 Å². The third-order valence-corrected chi connectivity index (χ3v) is 6.68. The smallest absolute Gasteiger partial charge is 0.165 e. The van der Waals surface area contributed by atoms with E-state index in [4.69, 9.17) is 14.2 Å². The fourth-order valence-electron chi connectivity index (χ4n) is 5.26. The van der Waals surface area contributed by atoms with E-state index in [1.807, 2.05) is 24.3 Å². The zero-order chi connectivity index (χ0) is 21.4. The highest BCUT2D eigenvalue weighted by molar-refractivity contribution is 5.54. The predicted molar refractivity (Wildman–Crippen MR) is 121 cm³/mol. The minimum Gasteiger partial charge on any atom is -0.493 e. The van der Waals surface area contributed by atoms with E-state index < -0.39 is 5.72 Å². The molecule has 0 bridgehead atoms. The lowest BCUT2D eigenvalue weighted by Crippen LogP contribution is -2.50. The van der Waals surface area contributed by atoms with Gasteiger partial charge in [-0.1, -0.05) is 66.7 Å². The standard InChI is InChI=1S/C27H29NO3/c1-19-16-22-23(27(2)28(19)24(18-31-27)21-12-8-5-9-13-21)14-15-25(29-3)26(22)30-17-20-10-6-4-7-11-20/h4-15,19,24H,16-18H2,1-3H3/t19-,24-,27-/m1/s1. The fourth-order valence-corrected chi connectivity index (χ4v) is 5.26. The molecule has 3 aromatic rings. The molecule has 0 radical (unpaired) electrons. The van der Waals surface area contributed by atoms with Crippen LogP contribution in [-0.4, -0.2) is 24.7 Å². The maximum Gasteiger partial charge on any atom is 0.165 e. The second-order valence-corrected chi connectivity index (χ2v) is 8.58. The van der Waals surface area contributed by atoms with Crippen molar-refractivity contribution < 1.29 is 14.2 Å². The van der Waals surface area contributed by atoms with Crippen LogP contribution in [0.4, 0.5) is 0 Å². The van der Waals surface area contributed by atoms with Crippen LogP contribution in [-0.2, 0) is 23.5 Å². The van der Waals surface area contributed by atoms with Crippen LogP contribution in [0.1, 0.15) is 42.1 Å². The minimum atomic E-state index is -0.495. The van der Waals surface area contributed by atoms with Gasteiger partial charge in [-0.3, -0.25) is 4.90 Å². The Balaban J connectivity index is 1.53. The van der Waals surface area contributed by atoms with E-state index in [9.17, 15) is 0 Å². The highest BCUT2D eigenvalue weighted by Crippen LogP contribution is 2.52. The van der Waals surface area contributed by atoms with Gasteiger partial charge in [0.2, 0.25) is 0 Å². The molecule has 4 nitrogen and oxygen atoms in total. The molecule has 0 amide bonds. The molecule has 160 valence electrons. The maximum atomic E-state index is 6.53. The van der Waals surface area contributed by atoms with Gasteiger partial charge < -0.3 is 14.2 Å². The van der Waals surface area contributed by atoms with Crippen LogP contribution in [0, 0.1) is 0 Å². The average Bonchev–Trinajstić information content (AvgIpc) is 3.18. The summed E-state index contributed by atoms with van der Waals surface area (Å²) in [5.41, 5.74) is 4.31. The number of benzene rings is 3. The van der Waals surface area contributed by atoms with E-state index in [2.05, 4.69) is 67.3 Å². The molecule has 0 spiro atoms. The van der Waals surface area contributed by atoms with Crippen molar-refractivity contribution in [3.63, 3.8) is 0 Å². The van der Waals surface area contributed by atoms with Gasteiger partial charge in [0.15, 0.2) is 11.5 Å². The van der Waals surface area contributed by atoms with Gasteiger partial charge in [-0.05, 0) is 37.5 Å². The minimum absolute atomic E-state index is 0.241. The van der Waals surface area contributed by atoms with Crippen LogP contribution in [0.3, 0.4) is 0 Å². The van der Waals surface area contributed by atoms with Crippen molar-refractivity contribution in [2.24, 2.45) is 0 Å². The number of hydrogen-bond donors (Lipinski definition) is 0. The first-order valence-corrected chi connectivity index (χ1v) is 11.0. The van der Waals surface area contributed by atoms with Crippen LogP contribution in [0.15, 0.2) is 72.8 Å². The van der Waals surface area contributed by atoms with Crippen LogP contribution in [0.2, 0.25) is 0 Å². The summed E-state index contributed by atoms with van der Waals surface area (Å²) in [5.74, 6) is 1.61. The topological polar surface area (TPSA) is 30.9 Å². The van der Waals surface area contributed by atoms with Crippen LogP contribution >= 0.6 is 0 Å². The van der Waals surface area contributed by atoms with E-state index in [-0.39, 0.29) is 6.04 Å². The quantitative estimate of drug-likeness (QED) is 0.553. The predicted octanol–water partition coefficient (Wildman–Crippen LogP) is 5.47. The lowest BCUT2D eigenvalue weighted by Gasteiger charge is -2.46. The van der Waals surface area contributed by atoms with Crippen molar-refractivity contribution >= 4 is 0 Å². The van der Waals surface area contributed by atoms with Crippen LogP contribution in [0.25, 0.3) is 0 Å². The van der Waals surface area contributed by atoms with E-state index in [0.717, 1.165) is 23.5 Å². The van der Waals surface area contributed by atoms with E-state index in [1.54, 1.807) is 7.11 Å². The lowest BCUT2D eigenvalue weighted by molar-refractivity contribution is -0.101. The monoisotopic (exact) mass is 415 g/mol. The molecule has 3 aromatic carbocycles. The molecule has 0 aliphatic carbocycles. The molecule has 2 heterocycles. The van der Waals surface area contributed by atoms with Gasteiger partial charge in [0.1, 0.15) is 12.3 Å². The number of rotatable bonds is 5. The zero-order valence-electron chi connectivity index (χ0n) is 18.4. The third kappa shape index (κ3) is 3.40. The van der Waals surface area contributed by atoms with Crippen molar-refractivity contribution in [2.45, 2.75) is 44.7 Å². The Kier molecular flexibility index (Phi) is 5.20. The summed E-state index contributed by atoms with van der Waals surface area (Å²) in [6.45, 7) is 5.66. The Morgan fingerprint density at radius 1 is 1.00 bits per heavy atom. The van der Waals surface area contributed by atoms with E-state index in [0.29, 0.717) is 19.3 Å². The molecule has 0 unspecified atom stereocenters. The normalized spacial score (nSPS) is 25.0. The largest absolute Gasteiger partial charge is 0.493 e. The number of hydrogen-bond acceptors (Lipinski definition) is 4. The van der Waals surface area contributed by atoms with Crippen molar-refractivity contribution in [1.82, 2.24) is 4.90 Å². The summed E-state index contributed by atoms with van der Waals surface area (Å²) in [6, 6.07) is 25.6. The Bertz CT molecular complexity index is 1050. The van der Waals surface area contributed by atoms with Gasteiger partial charge in [-0.15, -0.1) is 0 Å². The Hall–Kier alpha value is -2.82. The number of fused-ring (bicyclic) bond motifs is 3. The molecular formula is C27H29NO3. The van der Waals surface area contributed by atoms with E-state index in [1.165, 1.54) is 16.7 Å². The van der Waals surface area contributed by atoms with Crippen molar-refractivity contribution in [3.05, 3.63) is 95.1 Å². The first kappa shape index (κ1) is 20.1. The van der Waals surface area contributed by atoms with Crippen molar-refractivity contribution in [1.29, 1.82) is 0 Å². The van der Waals surface area contributed by atoms with Gasteiger partial charge in [-0.2, -0.15) is 0 Å². The molecule has 3 atom stereocenters. The molecular weight excluding hydrogens is 386 g/mol. The molecule has 5 rings (SSSR count). The fraction of sp³-hybridized carbons (Fsp3) is 0.333. The van der Waals surface area contributed by atoms with Gasteiger partial charge >= 0.3 is 0 Å². The molecule has 0 aromatic heterocycles. The molecule has 31 heavy (non-hydrogen) atoms. The first-order chi connectivity index (χ1) is 15.1. The van der Waals surface area contributed by atoms with Gasteiger partial charge in [-0.25, -0.2) is 0 Å². The molecule has 0 saturated carbocycles. The second kappa shape index (κ2) is 8.03. The Morgan fingerprint density at radius 3 is 2.42 bits per heavy atom. The summed E-state index contributed by atoms with van der Waals surface area (Å²) < 4.78 is 18.6. The summed E-state index contributed by atoms with van der Waals surface area (Å²) in [4.78, 5) is 2.53. The van der Waals surface area contributed by atoms with E-state index >= 15 is 0 Å². The van der Waals surface area contributed by atoms with Crippen LogP contribution < -0.4 is 9.47 Å². The highest BCUT2D eigenvalue weighted by Gasteiger charge is 2.52. The van der Waals surface area contributed by atoms with Crippen molar-refractivity contribution in [2.75, 3.05) is 13.7 Å². The van der Waals surface area contributed by atoms with Gasteiger partial charge in [0.05, 0.1) is 19.8 Å². The molecule has 0 N–H and O–H groups in total. The summed E-state index contributed by atoms with van der Waals surface area (Å²) in [6.07, 6.45) is 0.888. The highest BCUT2D eigenvalue weighted by atomic mass is 16.5. The lowest BCUT2D eigenvalue weighted by atomic mass is 9.85. The Labute approximate surface area is 184 Å². The first-order valence-electron chi connectivity index (χ1n) is 11.0. The zero-order valence-corrected chi connectivity index (χ0v) is 18.4. The SMILES string of the molecule is COc1ccc2c(c1OCc1ccccc1)C[C@@H](C)N1[C@@H](c3ccccc3)CO[C@]21C.